The number of rotatable bonds is 6. The van der Waals surface area contributed by atoms with E-state index in [9.17, 15) is 8.60 Å². The molecule has 0 aliphatic rings. The number of hydrogen-bond donors (Lipinski definition) is 0. The molecule has 0 aliphatic carbocycles. The highest BCUT2D eigenvalue weighted by Gasteiger charge is 2.14. The minimum atomic E-state index is -1.02. The van der Waals surface area contributed by atoms with Crippen molar-refractivity contribution in [1.29, 1.82) is 0 Å². The Kier molecular flexibility index (Phi) is 5.69. The normalized spacial score (nSPS) is 13.2. The molecular weight excluding hydrogens is 301 g/mol. The molecule has 2 aromatic rings. The summed E-state index contributed by atoms with van der Waals surface area (Å²) in [5.41, 5.74) is 10.4. The standard InChI is InChI=1S/C16H16FN3OS/c1-22(21)15-8-4-13(5-9-15)16(10-11-19-20-18)12-2-6-14(17)7-3-12/h2-9,16H,10-11H2,1H3/t16-,22?/m0/s1. The maximum Gasteiger partial charge on any atom is 0.123 e. The summed E-state index contributed by atoms with van der Waals surface area (Å²) in [6.45, 7) is 0.361. The predicted octanol–water partition coefficient (Wildman–Crippen LogP) is 4.40. The number of nitrogens with zero attached hydrogens (tertiary/aromatic N) is 3. The van der Waals surface area contributed by atoms with Crippen molar-refractivity contribution in [2.45, 2.75) is 17.2 Å². The topological polar surface area (TPSA) is 65.8 Å². The van der Waals surface area contributed by atoms with Crippen LogP contribution >= 0.6 is 0 Å². The summed E-state index contributed by atoms with van der Waals surface area (Å²) >= 11 is 0. The van der Waals surface area contributed by atoms with Gasteiger partial charge in [-0.3, -0.25) is 4.21 Å². The Balaban J connectivity index is 2.32. The highest BCUT2D eigenvalue weighted by atomic mass is 32.2. The molecule has 22 heavy (non-hydrogen) atoms. The second kappa shape index (κ2) is 7.73. The van der Waals surface area contributed by atoms with Crippen molar-refractivity contribution < 1.29 is 8.60 Å². The van der Waals surface area contributed by atoms with Crippen LogP contribution in [-0.2, 0) is 10.8 Å². The van der Waals surface area contributed by atoms with Gasteiger partial charge in [-0.15, -0.1) is 0 Å². The van der Waals surface area contributed by atoms with Crippen LogP contribution in [0.3, 0.4) is 0 Å². The summed E-state index contributed by atoms with van der Waals surface area (Å²) in [6.07, 6.45) is 2.26. The van der Waals surface area contributed by atoms with Crippen molar-refractivity contribution >= 4 is 10.8 Å². The van der Waals surface area contributed by atoms with E-state index < -0.39 is 10.8 Å². The first-order valence-corrected chi connectivity index (χ1v) is 8.37. The second-order valence-corrected chi connectivity index (χ2v) is 6.25. The first kappa shape index (κ1) is 16.2. The van der Waals surface area contributed by atoms with E-state index in [1.807, 2.05) is 24.3 Å². The van der Waals surface area contributed by atoms with E-state index in [1.54, 1.807) is 18.4 Å². The summed E-state index contributed by atoms with van der Waals surface area (Å²) in [7, 11) is -1.02. The summed E-state index contributed by atoms with van der Waals surface area (Å²) in [4.78, 5) is 3.53. The van der Waals surface area contributed by atoms with Gasteiger partial charge < -0.3 is 0 Å². The van der Waals surface area contributed by atoms with Crippen LogP contribution in [0.1, 0.15) is 23.5 Å². The molecule has 1 unspecified atom stereocenters. The van der Waals surface area contributed by atoms with Gasteiger partial charge in [-0.05, 0) is 47.3 Å². The quantitative estimate of drug-likeness (QED) is 0.442. The lowest BCUT2D eigenvalue weighted by Crippen LogP contribution is -2.03. The molecule has 0 aliphatic heterocycles. The average Bonchev–Trinajstić information content (AvgIpc) is 2.53. The van der Waals surface area contributed by atoms with Crippen molar-refractivity contribution in [3.05, 3.63) is 75.9 Å². The van der Waals surface area contributed by atoms with E-state index in [1.165, 1.54) is 12.1 Å². The highest BCUT2D eigenvalue weighted by Crippen LogP contribution is 2.29. The van der Waals surface area contributed by atoms with Crippen LogP contribution in [-0.4, -0.2) is 17.0 Å². The average molecular weight is 317 g/mol. The lowest BCUT2D eigenvalue weighted by atomic mass is 9.88. The molecule has 0 amide bonds. The van der Waals surface area contributed by atoms with Crippen LogP contribution in [0.15, 0.2) is 58.5 Å². The van der Waals surface area contributed by atoms with E-state index in [0.29, 0.717) is 13.0 Å². The molecule has 0 saturated carbocycles. The van der Waals surface area contributed by atoms with Crippen LogP contribution < -0.4 is 0 Å². The summed E-state index contributed by atoms with van der Waals surface area (Å²) in [5, 5.41) is 3.58. The van der Waals surface area contributed by atoms with Crippen molar-refractivity contribution in [1.82, 2.24) is 0 Å². The maximum atomic E-state index is 13.1. The van der Waals surface area contributed by atoms with Gasteiger partial charge in [0.15, 0.2) is 0 Å². The minimum Gasteiger partial charge on any atom is -0.255 e. The first-order chi connectivity index (χ1) is 10.6. The van der Waals surface area contributed by atoms with E-state index >= 15 is 0 Å². The fourth-order valence-corrected chi connectivity index (χ4v) is 2.86. The van der Waals surface area contributed by atoms with Crippen LogP contribution in [0.2, 0.25) is 0 Å². The molecular formula is C16H16FN3OS. The monoisotopic (exact) mass is 317 g/mol. The predicted molar refractivity (Wildman–Crippen MR) is 85.6 cm³/mol. The van der Waals surface area contributed by atoms with Gasteiger partial charge in [0.25, 0.3) is 0 Å². The smallest absolute Gasteiger partial charge is 0.123 e. The third-order valence-electron chi connectivity index (χ3n) is 3.47. The van der Waals surface area contributed by atoms with Gasteiger partial charge >= 0.3 is 0 Å². The molecule has 6 heteroatoms. The molecule has 114 valence electrons. The molecule has 2 aromatic carbocycles. The van der Waals surface area contributed by atoms with Crippen molar-refractivity contribution in [2.75, 3.05) is 12.8 Å². The Labute approximate surface area is 131 Å². The molecule has 2 atom stereocenters. The molecule has 0 fully saturated rings. The van der Waals surface area contributed by atoms with E-state index in [2.05, 4.69) is 10.0 Å². The molecule has 0 N–H and O–H groups in total. The largest absolute Gasteiger partial charge is 0.255 e. The van der Waals surface area contributed by atoms with Crippen molar-refractivity contribution in [3.63, 3.8) is 0 Å². The SMILES string of the molecule is CS(=O)c1ccc([C@@H](CCN=[N+]=[N-])c2ccc(F)cc2)cc1. The molecule has 0 heterocycles. The number of azide groups is 1. The van der Waals surface area contributed by atoms with Gasteiger partial charge in [0.05, 0.1) is 0 Å². The number of hydrogen-bond acceptors (Lipinski definition) is 2. The third kappa shape index (κ3) is 4.16. The zero-order chi connectivity index (χ0) is 15.9. The van der Waals surface area contributed by atoms with Gasteiger partial charge in [0, 0.05) is 39.3 Å². The Morgan fingerprint density at radius 2 is 1.68 bits per heavy atom. The molecule has 2 rings (SSSR count). The summed E-state index contributed by atoms with van der Waals surface area (Å²) < 4.78 is 24.6. The van der Waals surface area contributed by atoms with Gasteiger partial charge in [-0.2, -0.15) is 0 Å². The minimum absolute atomic E-state index is 0.00504. The Bertz CT molecular complexity index is 694. The molecule has 0 radical (unpaired) electrons. The second-order valence-electron chi connectivity index (χ2n) is 4.87. The van der Waals surface area contributed by atoms with Crippen molar-refractivity contribution in [3.8, 4) is 0 Å². The van der Waals surface area contributed by atoms with Gasteiger partial charge in [0.1, 0.15) is 5.82 Å². The van der Waals surface area contributed by atoms with Crippen LogP contribution in [0.4, 0.5) is 4.39 Å². The lowest BCUT2D eigenvalue weighted by Gasteiger charge is -2.17. The Morgan fingerprint density at radius 1 is 1.14 bits per heavy atom. The molecule has 4 nitrogen and oxygen atoms in total. The number of halogens is 1. The fraction of sp³-hybridized carbons (Fsp3) is 0.250. The van der Waals surface area contributed by atoms with Crippen LogP contribution in [0.5, 0.6) is 0 Å². The zero-order valence-electron chi connectivity index (χ0n) is 12.1. The molecule has 0 aromatic heterocycles. The van der Waals surface area contributed by atoms with Crippen molar-refractivity contribution in [2.24, 2.45) is 5.11 Å². The lowest BCUT2D eigenvalue weighted by molar-refractivity contribution is 0.625. The third-order valence-corrected chi connectivity index (χ3v) is 4.40. The van der Waals surface area contributed by atoms with Gasteiger partial charge in [-0.1, -0.05) is 29.4 Å². The first-order valence-electron chi connectivity index (χ1n) is 6.81. The van der Waals surface area contributed by atoms with E-state index in [4.69, 9.17) is 5.53 Å². The van der Waals surface area contributed by atoms with E-state index in [-0.39, 0.29) is 11.7 Å². The van der Waals surface area contributed by atoms with Crippen LogP contribution in [0.25, 0.3) is 10.4 Å². The molecule has 0 bridgehead atoms. The van der Waals surface area contributed by atoms with Gasteiger partial charge in [0.2, 0.25) is 0 Å². The highest BCUT2D eigenvalue weighted by molar-refractivity contribution is 7.84. The van der Waals surface area contributed by atoms with E-state index in [0.717, 1.165) is 16.0 Å². The van der Waals surface area contributed by atoms with Gasteiger partial charge in [-0.25, -0.2) is 4.39 Å². The maximum absolute atomic E-state index is 13.1. The summed E-state index contributed by atoms with van der Waals surface area (Å²) in [6, 6.07) is 13.8. The summed E-state index contributed by atoms with van der Waals surface area (Å²) in [5.74, 6) is -0.278. The molecule has 0 spiro atoms. The molecule has 0 saturated heterocycles. The Morgan fingerprint density at radius 3 is 2.18 bits per heavy atom. The number of benzene rings is 2. The Hall–Kier alpha value is -2.17. The van der Waals surface area contributed by atoms with Crippen LogP contribution in [0, 0.1) is 5.82 Å². The zero-order valence-corrected chi connectivity index (χ0v) is 13.0. The fourth-order valence-electron chi connectivity index (χ4n) is 2.34.